The molecular formula is C23H34N4O2S. The number of hydrogen-bond acceptors (Lipinski definition) is 5. The summed E-state index contributed by atoms with van der Waals surface area (Å²) in [5.41, 5.74) is 1.16. The summed E-state index contributed by atoms with van der Waals surface area (Å²) in [6, 6.07) is 12.8. The van der Waals surface area contributed by atoms with Crippen molar-refractivity contribution in [2.45, 2.75) is 39.5 Å². The van der Waals surface area contributed by atoms with E-state index in [-0.39, 0.29) is 6.10 Å². The fraction of sp³-hybridized carbons (Fsp3) is 0.522. The molecule has 7 heteroatoms. The van der Waals surface area contributed by atoms with Crippen LogP contribution in [0.1, 0.15) is 37.3 Å². The predicted molar refractivity (Wildman–Crippen MR) is 124 cm³/mol. The van der Waals surface area contributed by atoms with Gasteiger partial charge in [-0.05, 0) is 49.9 Å². The van der Waals surface area contributed by atoms with Crippen molar-refractivity contribution in [3.8, 4) is 5.75 Å². The Labute approximate surface area is 184 Å². The van der Waals surface area contributed by atoms with Crippen molar-refractivity contribution >= 4 is 17.3 Å². The molecule has 6 nitrogen and oxygen atoms in total. The number of thiophene rings is 1. The van der Waals surface area contributed by atoms with Crippen molar-refractivity contribution in [1.29, 1.82) is 0 Å². The van der Waals surface area contributed by atoms with E-state index in [1.54, 1.807) is 0 Å². The van der Waals surface area contributed by atoms with Gasteiger partial charge in [0.05, 0.1) is 31.9 Å². The number of nitrogens with zero attached hydrogens (tertiary/aromatic N) is 2. The van der Waals surface area contributed by atoms with E-state index in [9.17, 15) is 0 Å². The van der Waals surface area contributed by atoms with Gasteiger partial charge in [-0.15, -0.1) is 11.3 Å². The molecule has 2 N–H and O–H groups in total. The van der Waals surface area contributed by atoms with Crippen LogP contribution in [0.5, 0.6) is 5.75 Å². The number of hydrogen-bond donors (Lipinski definition) is 2. The molecule has 1 unspecified atom stereocenters. The minimum atomic E-state index is 0.182. The van der Waals surface area contributed by atoms with Gasteiger partial charge in [-0.2, -0.15) is 0 Å². The van der Waals surface area contributed by atoms with E-state index < -0.39 is 0 Å². The third-order valence-corrected chi connectivity index (χ3v) is 5.85. The molecular weight excluding hydrogens is 396 g/mol. The number of nitrogens with one attached hydrogen (secondary N) is 2. The molecule has 0 radical (unpaired) electrons. The maximum absolute atomic E-state index is 5.72. The van der Waals surface area contributed by atoms with Gasteiger partial charge >= 0.3 is 0 Å². The molecule has 0 bridgehead atoms. The van der Waals surface area contributed by atoms with E-state index in [0.717, 1.165) is 56.7 Å². The van der Waals surface area contributed by atoms with Crippen molar-refractivity contribution in [2.75, 3.05) is 39.4 Å². The summed E-state index contributed by atoms with van der Waals surface area (Å²) in [5.74, 6) is 1.74. The molecule has 30 heavy (non-hydrogen) atoms. The first-order valence-electron chi connectivity index (χ1n) is 10.8. The van der Waals surface area contributed by atoms with Gasteiger partial charge in [-0.25, -0.2) is 4.99 Å². The van der Waals surface area contributed by atoms with E-state index in [4.69, 9.17) is 14.5 Å². The van der Waals surface area contributed by atoms with Crippen molar-refractivity contribution in [3.63, 3.8) is 0 Å². The number of guanidine groups is 1. The lowest BCUT2D eigenvalue weighted by Gasteiger charge is -2.34. The first-order valence-corrected chi connectivity index (χ1v) is 11.7. The van der Waals surface area contributed by atoms with Crippen LogP contribution in [-0.2, 0) is 11.3 Å². The standard InChI is InChI=1S/C23H34N4O2S/c1-4-24-23(25-16-19-7-9-20(10-8-19)29-18(2)3)26-17-21(22-6-5-15-30-22)27-11-13-28-14-12-27/h5-10,15,18,21H,4,11-14,16-17H2,1-3H3,(H2,24,25,26). The van der Waals surface area contributed by atoms with Gasteiger partial charge in [-0.3, -0.25) is 4.90 Å². The topological polar surface area (TPSA) is 58.1 Å². The zero-order chi connectivity index (χ0) is 21.2. The minimum Gasteiger partial charge on any atom is -0.491 e. The smallest absolute Gasteiger partial charge is 0.191 e. The van der Waals surface area contributed by atoms with Gasteiger partial charge in [0.15, 0.2) is 5.96 Å². The van der Waals surface area contributed by atoms with E-state index in [1.165, 1.54) is 4.88 Å². The van der Waals surface area contributed by atoms with Gasteiger partial charge in [0.2, 0.25) is 0 Å². The lowest BCUT2D eigenvalue weighted by molar-refractivity contribution is 0.0177. The Morgan fingerprint density at radius 2 is 1.93 bits per heavy atom. The third kappa shape index (κ3) is 7.00. The first kappa shape index (κ1) is 22.6. The van der Waals surface area contributed by atoms with Gasteiger partial charge in [0.1, 0.15) is 5.75 Å². The number of aliphatic imine (C=N–C) groups is 1. The first-order chi connectivity index (χ1) is 14.7. The van der Waals surface area contributed by atoms with E-state index in [2.05, 4.69) is 52.1 Å². The Hall–Kier alpha value is -2.09. The maximum Gasteiger partial charge on any atom is 0.191 e. The van der Waals surface area contributed by atoms with Crippen LogP contribution in [0.3, 0.4) is 0 Å². The Balaban J connectivity index is 1.61. The largest absolute Gasteiger partial charge is 0.491 e. The lowest BCUT2D eigenvalue weighted by atomic mass is 10.2. The lowest BCUT2D eigenvalue weighted by Crippen LogP contribution is -2.46. The summed E-state index contributed by atoms with van der Waals surface area (Å²) in [7, 11) is 0. The van der Waals surface area contributed by atoms with E-state index in [0.29, 0.717) is 12.6 Å². The fourth-order valence-corrected chi connectivity index (χ4v) is 4.29. The summed E-state index contributed by atoms with van der Waals surface area (Å²) in [5, 5.41) is 9.07. The molecule has 0 saturated carbocycles. The number of rotatable bonds is 9. The number of ether oxygens (including phenoxy) is 2. The number of morpholine rings is 1. The molecule has 3 rings (SSSR count). The second-order valence-corrected chi connectivity index (χ2v) is 8.55. The van der Waals surface area contributed by atoms with Crippen LogP contribution in [0.4, 0.5) is 0 Å². The second-order valence-electron chi connectivity index (χ2n) is 7.57. The molecule has 1 atom stereocenters. The molecule has 164 valence electrons. The normalized spacial score (nSPS) is 16.5. The molecule has 1 aromatic carbocycles. The Morgan fingerprint density at radius 3 is 2.57 bits per heavy atom. The van der Waals surface area contributed by atoms with E-state index in [1.807, 2.05) is 37.3 Å². The molecule has 0 spiro atoms. The van der Waals surface area contributed by atoms with Gasteiger partial charge in [0.25, 0.3) is 0 Å². The summed E-state index contributed by atoms with van der Waals surface area (Å²) >= 11 is 1.81. The zero-order valence-corrected chi connectivity index (χ0v) is 19.1. The molecule has 1 saturated heterocycles. The summed E-state index contributed by atoms with van der Waals surface area (Å²) in [4.78, 5) is 8.66. The van der Waals surface area contributed by atoms with Crippen LogP contribution in [0.15, 0.2) is 46.8 Å². The molecule has 0 amide bonds. The highest BCUT2D eigenvalue weighted by molar-refractivity contribution is 7.10. The quantitative estimate of drug-likeness (QED) is 0.470. The van der Waals surface area contributed by atoms with Crippen LogP contribution in [-0.4, -0.2) is 56.4 Å². The number of benzene rings is 1. The zero-order valence-electron chi connectivity index (χ0n) is 18.3. The molecule has 1 aromatic heterocycles. The monoisotopic (exact) mass is 430 g/mol. The van der Waals surface area contributed by atoms with Gasteiger partial charge < -0.3 is 20.1 Å². The molecule has 1 aliphatic heterocycles. The highest BCUT2D eigenvalue weighted by Gasteiger charge is 2.23. The summed E-state index contributed by atoms with van der Waals surface area (Å²) in [6.07, 6.45) is 0.182. The van der Waals surface area contributed by atoms with Crippen molar-refractivity contribution in [1.82, 2.24) is 15.5 Å². The molecule has 2 heterocycles. The Kier molecular flexibility index (Phi) is 8.99. The van der Waals surface area contributed by atoms with E-state index >= 15 is 0 Å². The van der Waals surface area contributed by atoms with Crippen molar-refractivity contribution in [2.24, 2.45) is 4.99 Å². The highest BCUT2D eigenvalue weighted by Crippen LogP contribution is 2.25. The van der Waals surface area contributed by atoms with Crippen LogP contribution in [0, 0.1) is 0 Å². The molecule has 1 fully saturated rings. The second kappa shape index (κ2) is 11.9. The average molecular weight is 431 g/mol. The third-order valence-electron chi connectivity index (χ3n) is 4.88. The predicted octanol–water partition coefficient (Wildman–Crippen LogP) is 3.66. The molecule has 2 aromatic rings. The minimum absolute atomic E-state index is 0.182. The SMILES string of the molecule is CCNC(=NCc1ccc(OC(C)C)cc1)NCC(c1cccs1)N1CCOCC1. The fourth-order valence-electron chi connectivity index (χ4n) is 3.43. The van der Waals surface area contributed by atoms with Crippen LogP contribution in [0.2, 0.25) is 0 Å². The van der Waals surface area contributed by atoms with Crippen molar-refractivity contribution < 1.29 is 9.47 Å². The van der Waals surface area contributed by atoms with Gasteiger partial charge in [-0.1, -0.05) is 18.2 Å². The van der Waals surface area contributed by atoms with Crippen molar-refractivity contribution in [3.05, 3.63) is 52.2 Å². The van der Waals surface area contributed by atoms with Crippen LogP contribution >= 0.6 is 11.3 Å². The summed E-state index contributed by atoms with van der Waals surface area (Å²) < 4.78 is 11.3. The summed E-state index contributed by atoms with van der Waals surface area (Å²) in [6.45, 7) is 11.9. The van der Waals surface area contributed by atoms with Gasteiger partial charge in [0, 0.05) is 31.1 Å². The Morgan fingerprint density at radius 1 is 1.17 bits per heavy atom. The molecule has 0 aliphatic carbocycles. The Bertz CT molecular complexity index is 756. The van der Waals surface area contributed by atoms with Crippen LogP contribution < -0.4 is 15.4 Å². The van der Waals surface area contributed by atoms with Crippen LogP contribution in [0.25, 0.3) is 0 Å². The molecule has 1 aliphatic rings. The highest BCUT2D eigenvalue weighted by atomic mass is 32.1. The maximum atomic E-state index is 5.72. The average Bonchev–Trinajstić information content (AvgIpc) is 3.28.